The Morgan fingerprint density at radius 2 is 2.21 bits per heavy atom. The third-order valence-corrected chi connectivity index (χ3v) is 4.41. The van der Waals surface area contributed by atoms with Crippen molar-refractivity contribution in [2.45, 2.75) is 33.2 Å². The molecule has 1 unspecified atom stereocenters. The molecule has 0 radical (unpaired) electrons. The highest BCUT2D eigenvalue weighted by molar-refractivity contribution is 5.96. The Kier molecular flexibility index (Phi) is 6.04. The Balaban J connectivity index is 2.05. The molecule has 2 aliphatic heterocycles. The highest BCUT2D eigenvalue weighted by Crippen LogP contribution is 2.32. The lowest BCUT2D eigenvalue weighted by atomic mass is 10.1. The average Bonchev–Trinajstić information content (AvgIpc) is 2.84. The van der Waals surface area contributed by atoms with Crippen molar-refractivity contribution in [3.05, 3.63) is 59.2 Å². The number of ether oxygens (including phenoxy) is 1. The lowest BCUT2D eigenvalue weighted by molar-refractivity contribution is -0.117. The van der Waals surface area contributed by atoms with Crippen molar-refractivity contribution in [2.75, 3.05) is 20.7 Å². The van der Waals surface area contributed by atoms with Gasteiger partial charge in [-0.15, -0.1) is 0 Å². The van der Waals surface area contributed by atoms with Gasteiger partial charge in [-0.05, 0) is 33.3 Å². The quantitative estimate of drug-likeness (QED) is 0.601. The first-order chi connectivity index (χ1) is 11.5. The monoisotopic (exact) mass is 329 g/mol. The van der Waals surface area contributed by atoms with E-state index >= 15 is 0 Å². The van der Waals surface area contributed by atoms with E-state index in [0.717, 1.165) is 23.5 Å². The molecular formula is C19H27N3O2. The van der Waals surface area contributed by atoms with Crippen LogP contribution in [0.4, 0.5) is 0 Å². The number of nitrogens with one attached hydrogen (secondary N) is 1. The first-order valence-corrected chi connectivity index (χ1v) is 8.27. The number of likely N-dealkylation sites (N-methyl/N-ethyl adjacent to an activating group) is 1. The standard InChI is InChI=1S/C19H27N3O2/c1-6-14(2)9-7-8-11-20-19(23)18-15(3)21(4)22-12-10-16(24-5)13-17(18)22/h6-7,9-10,12-13,15H,8,11H2,1-5H3,(H,20,23)/b9-7-,14-6-. The zero-order valence-corrected chi connectivity index (χ0v) is 15.2. The molecule has 2 aliphatic rings. The van der Waals surface area contributed by atoms with Gasteiger partial charge in [0.2, 0.25) is 0 Å². The van der Waals surface area contributed by atoms with Crippen molar-refractivity contribution in [1.29, 1.82) is 0 Å². The number of methoxy groups -OCH3 is 1. The third kappa shape index (κ3) is 3.79. The Morgan fingerprint density at radius 3 is 2.88 bits per heavy atom. The van der Waals surface area contributed by atoms with Gasteiger partial charge in [0.1, 0.15) is 5.76 Å². The number of hydrogen-bond acceptors (Lipinski definition) is 4. The number of amides is 1. The van der Waals surface area contributed by atoms with Crippen molar-refractivity contribution in [1.82, 2.24) is 15.3 Å². The predicted octanol–water partition coefficient (Wildman–Crippen LogP) is 2.88. The maximum absolute atomic E-state index is 12.7. The van der Waals surface area contributed by atoms with E-state index in [9.17, 15) is 4.79 Å². The summed E-state index contributed by atoms with van der Waals surface area (Å²) in [6, 6.07) is 0.0120. The Labute approximate surface area is 144 Å². The predicted molar refractivity (Wildman–Crippen MR) is 96.5 cm³/mol. The van der Waals surface area contributed by atoms with Crippen molar-refractivity contribution in [2.24, 2.45) is 0 Å². The number of carbonyl (C=O) groups is 1. The minimum Gasteiger partial charge on any atom is -0.497 e. The highest BCUT2D eigenvalue weighted by atomic mass is 16.5. The molecular weight excluding hydrogens is 302 g/mol. The van der Waals surface area contributed by atoms with Crippen LogP contribution >= 0.6 is 0 Å². The summed E-state index contributed by atoms with van der Waals surface area (Å²) in [5.74, 6) is 0.726. The zero-order chi connectivity index (χ0) is 17.7. The van der Waals surface area contributed by atoms with E-state index in [2.05, 4.69) is 30.5 Å². The normalized spacial score (nSPS) is 21.4. The molecule has 0 fully saturated rings. The van der Waals surface area contributed by atoms with Crippen LogP contribution < -0.4 is 5.32 Å². The van der Waals surface area contributed by atoms with Crippen LogP contribution in [0.25, 0.3) is 0 Å². The Morgan fingerprint density at radius 1 is 1.46 bits per heavy atom. The van der Waals surface area contributed by atoms with Crippen LogP contribution in [0.2, 0.25) is 0 Å². The number of carbonyl (C=O) groups excluding carboxylic acids is 1. The molecule has 0 saturated carbocycles. The molecule has 1 amide bonds. The van der Waals surface area contributed by atoms with E-state index in [1.54, 1.807) is 7.11 Å². The van der Waals surface area contributed by atoms with Gasteiger partial charge in [0, 0.05) is 25.9 Å². The fourth-order valence-corrected chi connectivity index (χ4v) is 2.70. The minimum atomic E-state index is -0.0231. The van der Waals surface area contributed by atoms with Gasteiger partial charge in [0.25, 0.3) is 5.91 Å². The summed E-state index contributed by atoms with van der Waals surface area (Å²) in [6.45, 7) is 6.72. The lowest BCUT2D eigenvalue weighted by Gasteiger charge is -2.29. The van der Waals surface area contributed by atoms with Crippen molar-refractivity contribution < 1.29 is 9.53 Å². The van der Waals surface area contributed by atoms with Gasteiger partial charge >= 0.3 is 0 Å². The molecule has 130 valence electrons. The van der Waals surface area contributed by atoms with Gasteiger partial charge < -0.3 is 10.1 Å². The van der Waals surface area contributed by atoms with Gasteiger partial charge in [0.15, 0.2) is 0 Å². The molecule has 0 bridgehead atoms. The number of fused-ring (bicyclic) bond motifs is 1. The smallest absolute Gasteiger partial charge is 0.251 e. The topological polar surface area (TPSA) is 44.8 Å². The van der Waals surface area contributed by atoms with Crippen LogP contribution in [0.1, 0.15) is 27.2 Å². The van der Waals surface area contributed by atoms with Gasteiger partial charge in [-0.3, -0.25) is 9.80 Å². The van der Waals surface area contributed by atoms with Crippen LogP contribution in [0, 0.1) is 0 Å². The summed E-state index contributed by atoms with van der Waals surface area (Å²) >= 11 is 0. The van der Waals surface area contributed by atoms with Gasteiger partial charge in [-0.2, -0.15) is 0 Å². The molecule has 2 heterocycles. The van der Waals surface area contributed by atoms with Crippen LogP contribution in [-0.2, 0) is 9.53 Å². The molecule has 5 nitrogen and oxygen atoms in total. The molecule has 0 aliphatic carbocycles. The van der Waals surface area contributed by atoms with Crippen LogP contribution in [0.15, 0.2) is 59.2 Å². The van der Waals surface area contributed by atoms with Gasteiger partial charge in [-0.1, -0.05) is 23.8 Å². The molecule has 0 aromatic heterocycles. The minimum absolute atomic E-state index is 0.0120. The van der Waals surface area contributed by atoms with Gasteiger partial charge in [0.05, 0.1) is 24.4 Å². The summed E-state index contributed by atoms with van der Waals surface area (Å²) in [6.07, 6.45) is 12.7. The molecule has 0 saturated heterocycles. The van der Waals surface area contributed by atoms with Crippen molar-refractivity contribution >= 4 is 5.91 Å². The SMILES string of the molecule is C/C=C(C)\C=C/CCNC(=O)C1=C2C=C(OC)C=CN2N(C)C1C. The molecule has 5 heteroatoms. The molecule has 2 rings (SSSR count). The van der Waals surface area contributed by atoms with Crippen molar-refractivity contribution in [3.63, 3.8) is 0 Å². The zero-order valence-electron chi connectivity index (χ0n) is 15.2. The lowest BCUT2D eigenvalue weighted by Crippen LogP contribution is -2.37. The van der Waals surface area contributed by atoms with Crippen LogP contribution in [-0.4, -0.2) is 42.7 Å². The molecule has 1 atom stereocenters. The third-order valence-electron chi connectivity index (χ3n) is 4.41. The Hall–Kier alpha value is -2.27. The molecule has 1 N–H and O–H groups in total. The van der Waals surface area contributed by atoms with Gasteiger partial charge in [-0.25, -0.2) is 5.01 Å². The molecule has 0 aromatic carbocycles. The van der Waals surface area contributed by atoms with E-state index in [1.807, 2.05) is 49.3 Å². The second-order valence-electron chi connectivity index (χ2n) is 5.94. The molecule has 0 spiro atoms. The van der Waals surface area contributed by atoms with E-state index < -0.39 is 0 Å². The van der Waals surface area contributed by atoms with E-state index in [0.29, 0.717) is 6.54 Å². The first-order valence-electron chi connectivity index (χ1n) is 8.27. The van der Waals surface area contributed by atoms with E-state index in [4.69, 9.17) is 4.74 Å². The molecule has 0 aromatic rings. The van der Waals surface area contributed by atoms with Crippen molar-refractivity contribution in [3.8, 4) is 0 Å². The maximum Gasteiger partial charge on any atom is 0.251 e. The Bertz CT molecular complexity index is 641. The van der Waals surface area contributed by atoms with E-state index in [1.165, 1.54) is 5.57 Å². The summed E-state index contributed by atoms with van der Waals surface area (Å²) in [4.78, 5) is 12.7. The fourth-order valence-electron chi connectivity index (χ4n) is 2.70. The maximum atomic E-state index is 12.7. The highest BCUT2D eigenvalue weighted by Gasteiger charge is 2.36. The fraction of sp³-hybridized carbons (Fsp3) is 0.421. The first kappa shape index (κ1) is 18.1. The number of hydrazine groups is 1. The largest absolute Gasteiger partial charge is 0.497 e. The number of allylic oxidation sites excluding steroid dienone is 5. The average molecular weight is 329 g/mol. The molecule has 24 heavy (non-hydrogen) atoms. The summed E-state index contributed by atoms with van der Waals surface area (Å²) in [5, 5.41) is 7.04. The van der Waals surface area contributed by atoms with E-state index in [-0.39, 0.29) is 11.9 Å². The summed E-state index contributed by atoms with van der Waals surface area (Å²) in [5.41, 5.74) is 2.87. The second kappa shape index (κ2) is 8.02. The number of rotatable bonds is 6. The van der Waals surface area contributed by atoms with Crippen LogP contribution in [0.5, 0.6) is 0 Å². The summed E-state index contributed by atoms with van der Waals surface area (Å²) < 4.78 is 5.29. The second-order valence-corrected chi connectivity index (χ2v) is 5.94. The summed E-state index contributed by atoms with van der Waals surface area (Å²) in [7, 11) is 3.61. The van der Waals surface area contributed by atoms with Crippen LogP contribution in [0.3, 0.4) is 0 Å². The number of nitrogens with zero attached hydrogens (tertiary/aromatic N) is 2. The number of hydrogen-bond donors (Lipinski definition) is 1.